The summed E-state index contributed by atoms with van der Waals surface area (Å²) in [5.74, 6) is 3.28. The van der Waals surface area contributed by atoms with Crippen LogP contribution in [-0.2, 0) is 0 Å². The van der Waals surface area contributed by atoms with E-state index in [4.69, 9.17) is 0 Å². The molecular formula is C16H21N3O2. The first kappa shape index (κ1) is 12.9. The van der Waals surface area contributed by atoms with E-state index < -0.39 is 0 Å². The van der Waals surface area contributed by atoms with E-state index in [0.29, 0.717) is 24.0 Å². The van der Waals surface area contributed by atoms with Gasteiger partial charge in [-0.3, -0.25) is 10.1 Å². The Bertz CT molecular complexity index is 573. The van der Waals surface area contributed by atoms with Crippen LogP contribution in [0.1, 0.15) is 26.2 Å². The summed E-state index contributed by atoms with van der Waals surface area (Å²) in [6, 6.07) is 5.98. The Morgan fingerprint density at radius 3 is 2.52 bits per heavy atom. The lowest BCUT2D eigenvalue weighted by atomic mass is 10.0. The smallest absolute Gasteiger partial charge is 0.315 e. The van der Waals surface area contributed by atoms with Crippen LogP contribution in [0.15, 0.2) is 18.2 Å². The van der Waals surface area contributed by atoms with E-state index in [-0.39, 0.29) is 10.6 Å². The Balaban J connectivity index is 1.58. The van der Waals surface area contributed by atoms with Crippen molar-refractivity contribution in [1.82, 2.24) is 0 Å². The summed E-state index contributed by atoms with van der Waals surface area (Å²) in [7, 11) is 0. The molecular weight excluding hydrogens is 266 g/mol. The summed E-state index contributed by atoms with van der Waals surface area (Å²) >= 11 is 0. The number of anilines is 2. The van der Waals surface area contributed by atoms with Crippen LogP contribution >= 0.6 is 0 Å². The molecule has 112 valence electrons. The molecule has 2 bridgehead atoms. The molecule has 21 heavy (non-hydrogen) atoms. The van der Waals surface area contributed by atoms with Crippen LogP contribution in [0.25, 0.3) is 0 Å². The van der Waals surface area contributed by atoms with Crippen molar-refractivity contribution in [2.45, 2.75) is 32.2 Å². The standard InChI is InChI=1S/C16H21N3O2/c1-2-17-11-4-3-5-12(16(11)19(20)21)18-15-13-9-6-7-10(8-9)14(13)15/h3-5,9-10,13-15,17-18H,2,6-8H2,1H3. The molecule has 0 aromatic heterocycles. The van der Waals surface area contributed by atoms with E-state index in [1.54, 1.807) is 6.07 Å². The number of nitro benzene ring substituents is 1. The van der Waals surface area contributed by atoms with Crippen molar-refractivity contribution in [2.24, 2.45) is 23.7 Å². The number of nitro groups is 1. The minimum Gasteiger partial charge on any atom is -0.380 e. The zero-order valence-electron chi connectivity index (χ0n) is 12.2. The average Bonchev–Trinajstić information content (AvgIpc) is 2.84. The molecule has 3 saturated carbocycles. The molecule has 4 atom stereocenters. The fourth-order valence-corrected chi connectivity index (χ4v) is 4.89. The zero-order valence-corrected chi connectivity index (χ0v) is 12.2. The van der Waals surface area contributed by atoms with Gasteiger partial charge in [0, 0.05) is 12.6 Å². The SMILES string of the molecule is CCNc1cccc(NC2C3C4CCC(C4)C23)c1[N+](=O)[O-]. The molecule has 3 aliphatic carbocycles. The summed E-state index contributed by atoms with van der Waals surface area (Å²) in [5, 5.41) is 18.0. The van der Waals surface area contributed by atoms with Crippen LogP contribution < -0.4 is 10.6 Å². The highest BCUT2D eigenvalue weighted by atomic mass is 16.6. The highest BCUT2D eigenvalue weighted by Crippen LogP contribution is 2.66. The molecule has 0 spiro atoms. The van der Waals surface area contributed by atoms with Crippen LogP contribution in [0.5, 0.6) is 0 Å². The fraction of sp³-hybridized carbons (Fsp3) is 0.625. The lowest BCUT2D eigenvalue weighted by Gasteiger charge is -2.14. The minimum absolute atomic E-state index is 0.191. The van der Waals surface area contributed by atoms with Crippen molar-refractivity contribution in [3.05, 3.63) is 28.3 Å². The van der Waals surface area contributed by atoms with Crippen molar-refractivity contribution in [3.63, 3.8) is 0 Å². The summed E-state index contributed by atoms with van der Waals surface area (Å²) in [5.41, 5.74) is 1.48. The second-order valence-electron chi connectivity index (χ2n) is 6.65. The maximum Gasteiger partial charge on any atom is 0.315 e. The first-order chi connectivity index (χ1) is 10.2. The molecule has 5 heteroatoms. The number of nitrogens with zero attached hydrogens (tertiary/aromatic N) is 1. The topological polar surface area (TPSA) is 67.2 Å². The number of para-hydroxylation sites is 1. The third-order valence-corrected chi connectivity index (χ3v) is 5.64. The average molecular weight is 287 g/mol. The Labute approximate surface area is 124 Å². The van der Waals surface area contributed by atoms with Gasteiger partial charge in [0.05, 0.1) is 4.92 Å². The highest BCUT2D eigenvalue weighted by molar-refractivity contribution is 5.76. The van der Waals surface area contributed by atoms with E-state index in [1.165, 1.54) is 19.3 Å². The molecule has 5 nitrogen and oxygen atoms in total. The van der Waals surface area contributed by atoms with E-state index in [2.05, 4.69) is 10.6 Å². The summed E-state index contributed by atoms with van der Waals surface area (Å²) < 4.78 is 0. The number of benzene rings is 1. The van der Waals surface area contributed by atoms with Gasteiger partial charge in [-0.15, -0.1) is 0 Å². The van der Waals surface area contributed by atoms with Crippen LogP contribution in [0.3, 0.4) is 0 Å². The molecule has 0 saturated heterocycles. The predicted octanol–water partition coefficient (Wildman–Crippen LogP) is 3.48. The number of fused-ring (bicyclic) bond motifs is 5. The van der Waals surface area contributed by atoms with Gasteiger partial charge in [0.1, 0.15) is 11.4 Å². The first-order valence-electron chi connectivity index (χ1n) is 7.98. The molecule has 0 amide bonds. The van der Waals surface area contributed by atoms with Crippen LogP contribution in [0.2, 0.25) is 0 Å². The van der Waals surface area contributed by atoms with Gasteiger partial charge in [0.2, 0.25) is 0 Å². The Morgan fingerprint density at radius 2 is 1.90 bits per heavy atom. The summed E-state index contributed by atoms with van der Waals surface area (Å²) in [4.78, 5) is 11.2. The molecule has 0 aliphatic heterocycles. The van der Waals surface area contributed by atoms with Crippen molar-refractivity contribution in [1.29, 1.82) is 0 Å². The van der Waals surface area contributed by atoms with Crippen molar-refractivity contribution < 1.29 is 4.92 Å². The van der Waals surface area contributed by atoms with Crippen LogP contribution in [0, 0.1) is 33.8 Å². The molecule has 4 rings (SSSR count). The number of rotatable bonds is 5. The molecule has 4 unspecified atom stereocenters. The summed E-state index contributed by atoms with van der Waals surface area (Å²) in [6.45, 7) is 2.63. The fourth-order valence-electron chi connectivity index (χ4n) is 4.89. The Hall–Kier alpha value is -1.78. The number of hydrogen-bond acceptors (Lipinski definition) is 4. The Morgan fingerprint density at radius 1 is 1.24 bits per heavy atom. The van der Waals surface area contributed by atoms with E-state index in [0.717, 1.165) is 23.7 Å². The minimum atomic E-state index is -0.271. The monoisotopic (exact) mass is 287 g/mol. The molecule has 0 heterocycles. The van der Waals surface area contributed by atoms with Crippen LogP contribution in [0.4, 0.5) is 17.1 Å². The van der Waals surface area contributed by atoms with Crippen LogP contribution in [-0.4, -0.2) is 17.5 Å². The van der Waals surface area contributed by atoms with E-state index in [1.807, 2.05) is 19.1 Å². The quantitative estimate of drug-likeness (QED) is 0.642. The largest absolute Gasteiger partial charge is 0.380 e. The van der Waals surface area contributed by atoms with Crippen molar-refractivity contribution >= 4 is 17.1 Å². The van der Waals surface area contributed by atoms with Gasteiger partial charge in [-0.05, 0) is 62.0 Å². The van der Waals surface area contributed by atoms with Gasteiger partial charge in [0.25, 0.3) is 0 Å². The van der Waals surface area contributed by atoms with Gasteiger partial charge >= 0.3 is 5.69 Å². The lowest BCUT2D eigenvalue weighted by molar-refractivity contribution is -0.383. The van der Waals surface area contributed by atoms with Crippen molar-refractivity contribution in [3.8, 4) is 0 Å². The zero-order chi connectivity index (χ0) is 14.6. The normalized spacial score (nSPS) is 35.4. The third-order valence-electron chi connectivity index (χ3n) is 5.64. The molecule has 1 aromatic rings. The molecule has 3 aliphatic rings. The van der Waals surface area contributed by atoms with Gasteiger partial charge in [-0.1, -0.05) is 6.07 Å². The predicted molar refractivity (Wildman–Crippen MR) is 82.5 cm³/mol. The lowest BCUT2D eigenvalue weighted by Crippen LogP contribution is -2.14. The second-order valence-corrected chi connectivity index (χ2v) is 6.65. The second kappa shape index (κ2) is 4.61. The van der Waals surface area contributed by atoms with E-state index in [9.17, 15) is 10.1 Å². The first-order valence-corrected chi connectivity index (χ1v) is 7.98. The van der Waals surface area contributed by atoms with Gasteiger partial charge in [0.15, 0.2) is 0 Å². The van der Waals surface area contributed by atoms with Gasteiger partial charge in [-0.2, -0.15) is 0 Å². The van der Waals surface area contributed by atoms with Crippen molar-refractivity contribution in [2.75, 3.05) is 17.2 Å². The molecule has 2 N–H and O–H groups in total. The maximum atomic E-state index is 11.4. The molecule has 0 radical (unpaired) electrons. The highest BCUT2D eigenvalue weighted by Gasteiger charge is 2.65. The number of hydrogen-bond donors (Lipinski definition) is 2. The molecule has 1 aromatic carbocycles. The molecule has 3 fully saturated rings. The maximum absolute atomic E-state index is 11.4. The number of nitrogens with one attached hydrogen (secondary N) is 2. The Kier molecular flexibility index (Phi) is 2.84. The van der Waals surface area contributed by atoms with Gasteiger partial charge < -0.3 is 10.6 Å². The van der Waals surface area contributed by atoms with E-state index >= 15 is 0 Å². The summed E-state index contributed by atoms with van der Waals surface area (Å²) in [6.07, 6.45) is 4.13. The van der Waals surface area contributed by atoms with Gasteiger partial charge in [-0.25, -0.2) is 0 Å². The third kappa shape index (κ3) is 1.90.